The van der Waals surface area contributed by atoms with E-state index >= 15 is 0 Å². The predicted octanol–water partition coefficient (Wildman–Crippen LogP) is 2.14. The highest BCUT2D eigenvalue weighted by molar-refractivity contribution is 6.08. The summed E-state index contributed by atoms with van der Waals surface area (Å²) in [5, 5.41) is 2.78. The van der Waals surface area contributed by atoms with Crippen molar-refractivity contribution in [2.24, 2.45) is 5.73 Å². The summed E-state index contributed by atoms with van der Waals surface area (Å²) in [6.45, 7) is 0. The molecule has 0 bridgehead atoms. The number of hydrogen-bond acceptors (Lipinski definition) is 3. The van der Waals surface area contributed by atoms with Crippen molar-refractivity contribution in [2.75, 3.05) is 17.3 Å². The molecule has 0 fully saturated rings. The molecule has 6 nitrogen and oxygen atoms in total. The number of nitrogens with zero attached hydrogens (tertiary/aromatic N) is 1. The summed E-state index contributed by atoms with van der Waals surface area (Å²) < 4.78 is 5.08. The van der Waals surface area contributed by atoms with Crippen molar-refractivity contribution < 1.29 is 14.3 Å². The number of anilines is 2. The lowest BCUT2D eigenvalue weighted by atomic mass is 10.1. The van der Waals surface area contributed by atoms with Gasteiger partial charge in [-0.15, -0.1) is 0 Å². The van der Waals surface area contributed by atoms with Crippen LogP contribution in [-0.2, 0) is 11.2 Å². The molecule has 3 amide bonds. The van der Waals surface area contributed by atoms with Crippen LogP contribution in [0.15, 0.2) is 48.5 Å². The summed E-state index contributed by atoms with van der Waals surface area (Å²) in [5.41, 5.74) is 7.72. The summed E-state index contributed by atoms with van der Waals surface area (Å²) in [5.74, 6) is 0.176. The maximum absolute atomic E-state index is 12.6. The van der Waals surface area contributed by atoms with Crippen LogP contribution in [0.4, 0.5) is 16.2 Å². The summed E-state index contributed by atoms with van der Waals surface area (Å²) in [6, 6.07) is 13.3. The molecule has 0 radical (unpaired) electrons. The Morgan fingerprint density at radius 3 is 2.52 bits per heavy atom. The molecule has 3 N–H and O–H groups in total. The van der Waals surface area contributed by atoms with Crippen molar-refractivity contribution >= 4 is 23.3 Å². The molecule has 0 saturated carbocycles. The van der Waals surface area contributed by atoms with Gasteiger partial charge < -0.3 is 15.8 Å². The fraction of sp³-hybridized carbons (Fsp3) is 0.176. The van der Waals surface area contributed by atoms with Crippen LogP contribution in [0.5, 0.6) is 5.75 Å². The number of fused-ring (bicyclic) bond motifs is 1. The second-order valence-electron chi connectivity index (χ2n) is 5.28. The molecule has 3 rings (SSSR count). The van der Waals surface area contributed by atoms with E-state index in [2.05, 4.69) is 5.32 Å². The number of primary amides is 1. The van der Waals surface area contributed by atoms with Gasteiger partial charge in [0.15, 0.2) is 0 Å². The first kappa shape index (κ1) is 14.9. The average molecular weight is 311 g/mol. The lowest BCUT2D eigenvalue weighted by Gasteiger charge is -2.23. The number of ether oxygens (including phenoxy) is 1. The summed E-state index contributed by atoms with van der Waals surface area (Å²) in [6.07, 6.45) is 0.432. The number of carbonyl (C=O) groups is 2. The predicted molar refractivity (Wildman–Crippen MR) is 87.6 cm³/mol. The monoisotopic (exact) mass is 311 g/mol. The topological polar surface area (TPSA) is 84.7 Å². The van der Waals surface area contributed by atoms with E-state index in [4.69, 9.17) is 10.5 Å². The number of benzene rings is 2. The Balaban J connectivity index is 1.85. The molecule has 1 aliphatic rings. The lowest BCUT2D eigenvalue weighted by molar-refractivity contribution is -0.119. The van der Waals surface area contributed by atoms with Crippen molar-refractivity contribution in [3.8, 4) is 5.75 Å². The van der Waals surface area contributed by atoms with Gasteiger partial charge in [-0.1, -0.05) is 18.2 Å². The first-order valence-corrected chi connectivity index (χ1v) is 7.21. The van der Waals surface area contributed by atoms with Crippen LogP contribution >= 0.6 is 0 Å². The van der Waals surface area contributed by atoms with Crippen molar-refractivity contribution in [2.45, 2.75) is 12.5 Å². The third-order valence-electron chi connectivity index (χ3n) is 3.86. The van der Waals surface area contributed by atoms with Gasteiger partial charge in [0.1, 0.15) is 11.8 Å². The highest BCUT2D eigenvalue weighted by atomic mass is 16.5. The third kappa shape index (κ3) is 2.83. The molecule has 2 aromatic rings. The van der Waals surface area contributed by atoms with Gasteiger partial charge in [-0.25, -0.2) is 4.79 Å². The number of amides is 3. The van der Waals surface area contributed by atoms with E-state index in [9.17, 15) is 9.59 Å². The van der Waals surface area contributed by atoms with Crippen LogP contribution in [0.3, 0.4) is 0 Å². The van der Waals surface area contributed by atoms with Gasteiger partial charge >= 0.3 is 6.03 Å². The van der Waals surface area contributed by atoms with E-state index in [0.29, 0.717) is 23.5 Å². The SMILES string of the molecule is COc1ccc(NC(=O)N2c3ccccc3C[C@@H]2C(N)=O)cc1. The number of hydrogen-bond donors (Lipinski definition) is 2. The van der Waals surface area contributed by atoms with E-state index in [-0.39, 0.29) is 6.03 Å². The molecular formula is C17H17N3O3. The highest BCUT2D eigenvalue weighted by Gasteiger charge is 2.37. The molecule has 0 saturated heterocycles. The Bertz CT molecular complexity index is 743. The molecule has 0 spiro atoms. The summed E-state index contributed by atoms with van der Waals surface area (Å²) in [4.78, 5) is 25.7. The molecule has 1 atom stereocenters. The van der Waals surface area contributed by atoms with Crippen molar-refractivity contribution in [3.63, 3.8) is 0 Å². The van der Waals surface area contributed by atoms with Crippen LogP contribution < -0.4 is 20.7 Å². The van der Waals surface area contributed by atoms with Gasteiger partial charge in [-0.2, -0.15) is 0 Å². The quantitative estimate of drug-likeness (QED) is 0.911. The maximum atomic E-state index is 12.6. The second kappa shape index (κ2) is 6.00. The zero-order valence-electron chi connectivity index (χ0n) is 12.7. The summed E-state index contributed by atoms with van der Waals surface area (Å²) >= 11 is 0. The molecule has 118 valence electrons. The first-order valence-electron chi connectivity index (χ1n) is 7.21. The Kier molecular flexibility index (Phi) is 3.89. The highest BCUT2D eigenvalue weighted by Crippen LogP contribution is 2.32. The lowest BCUT2D eigenvalue weighted by Crippen LogP contribution is -2.47. The first-order chi connectivity index (χ1) is 11.1. The minimum absolute atomic E-state index is 0.385. The number of methoxy groups -OCH3 is 1. The Hall–Kier alpha value is -3.02. The average Bonchev–Trinajstić information content (AvgIpc) is 2.95. The molecule has 1 heterocycles. The number of urea groups is 1. The van der Waals surface area contributed by atoms with Crippen molar-refractivity contribution in [3.05, 3.63) is 54.1 Å². The summed E-state index contributed by atoms with van der Waals surface area (Å²) in [7, 11) is 1.58. The van der Waals surface area contributed by atoms with Crippen molar-refractivity contribution in [1.82, 2.24) is 0 Å². The van der Waals surface area contributed by atoms with Gasteiger partial charge in [0.25, 0.3) is 0 Å². The van der Waals surface area contributed by atoms with Crippen molar-refractivity contribution in [1.29, 1.82) is 0 Å². The number of para-hydroxylation sites is 1. The van der Waals surface area contributed by atoms with E-state index < -0.39 is 11.9 Å². The smallest absolute Gasteiger partial charge is 0.327 e. The minimum atomic E-state index is -0.675. The molecule has 23 heavy (non-hydrogen) atoms. The normalized spacial score (nSPS) is 15.9. The number of nitrogens with two attached hydrogens (primary N) is 1. The Morgan fingerprint density at radius 1 is 1.17 bits per heavy atom. The minimum Gasteiger partial charge on any atom is -0.497 e. The molecule has 0 unspecified atom stereocenters. The zero-order chi connectivity index (χ0) is 16.4. The second-order valence-corrected chi connectivity index (χ2v) is 5.28. The van der Waals surface area contributed by atoms with E-state index in [1.165, 1.54) is 4.90 Å². The number of carbonyl (C=O) groups excluding carboxylic acids is 2. The van der Waals surface area contributed by atoms with Gasteiger partial charge in [0.2, 0.25) is 5.91 Å². The molecule has 2 aromatic carbocycles. The fourth-order valence-corrected chi connectivity index (χ4v) is 2.72. The van der Waals surface area contributed by atoms with Gasteiger partial charge in [0.05, 0.1) is 7.11 Å². The Labute approximate surface area is 133 Å². The molecule has 0 aliphatic carbocycles. The van der Waals surface area contributed by atoms with E-state index in [1.54, 1.807) is 31.4 Å². The van der Waals surface area contributed by atoms with E-state index in [0.717, 1.165) is 5.56 Å². The zero-order valence-corrected chi connectivity index (χ0v) is 12.7. The molecule has 6 heteroatoms. The fourth-order valence-electron chi connectivity index (χ4n) is 2.72. The Morgan fingerprint density at radius 2 is 1.87 bits per heavy atom. The van der Waals surface area contributed by atoms with Gasteiger partial charge in [-0.05, 0) is 35.9 Å². The van der Waals surface area contributed by atoms with Crippen LogP contribution in [0, 0.1) is 0 Å². The van der Waals surface area contributed by atoms with Crippen LogP contribution in [0.1, 0.15) is 5.56 Å². The molecule has 1 aliphatic heterocycles. The van der Waals surface area contributed by atoms with Crippen LogP contribution in [0.25, 0.3) is 0 Å². The number of nitrogens with one attached hydrogen (secondary N) is 1. The van der Waals surface area contributed by atoms with Gasteiger partial charge in [0, 0.05) is 17.8 Å². The molecular weight excluding hydrogens is 294 g/mol. The van der Waals surface area contributed by atoms with Crippen LogP contribution in [-0.4, -0.2) is 25.1 Å². The molecule has 0 aromatic heterocycles. The largest absolute Gasteiger partial charge is 0.497 e. The third-order valence-corrected chi connectivity index (χ3v) is 3.86. The maximum Gasteiger partial charge on any atom is 0.327 e. The standard InChI is InChI=1S/C17H17N3O3/c1-23-13-8-6-12(7-9-13)19-17(22)20-14-5-3-2-4-11(14)10-15(20)16(18)21/h2-9,15H,10H2,1H3,(H2,18,21)(H,19,22)/t15-/m1/s1. The number of rotatable bonds is 3. The van der Waals surface area contributed by atoms with E-state index in [1.807, 2.05) is 24.3 Å². The van der Waals surface area contributed by atoms with Gasteiger partial charge in [-0.3, -0.25) is 9.69 Å². The van der Waals surface area contributed by atoms with Crippen LogP contribution in [0.2, 0.25) is 0 Å².